The molecule has 0 aromatic rings. The predicted octanol–water partition coefficient (Wildman–Crippen LogP) is 19.6. The molecule has 0 heterocycles. The number of hydrogen-bond donors (Lipinski definition) is 0. The first-order chi connectivity index (χ1) is 28.1. The van der Waals surface area contributed by atoms with E-state index in [1.807, 2.05) is 0 Å². The molecule has 0 atom stereocenters. The van der Waals surface area contributed by atoms with Crippen LogP contribution in [0.2, 0.25) is 17.7 Å². The number of unbranched alkanes of at least 4 members (excludes halogenated alkanes) is 34. The summed E-state index contributed by atoms with van der Waals surface area (Å²) in [6, 6.07) is 0. The minimum absolute atomic E-state index is 0.949. The van der Waals surface area contributed by atoms with E-state index in [4.69, 9.17) is 7.56 Å². The molecule has 0 radical (unpaired) electrons. The minimum atomic E-state index is -3.30. The Hall–Kier alpha value is 1.48. The maximum absolute atomic E-state index is 7.87. The zero-order valence-corrected chi connectivity index (χ0v) is 46.5. The van der Waals surface area contributed by atoms with Crippen LogP contribution >= 0.6 is 0 Å². The monoisotopic (exact) mass is 1020 g/mol. The van der Waals surface area contributed by atoms with E-state index in [0.29, 0.717) is 0 Å². The zero-order valence-electron chi connectivity index (χ0n) is 40.8. The van der Waals surface area contributed by atoms with E-state index in [1.54, 1.807) is 0 Å². The van der Waals surface area contributed by atoms with Gasteiger partial charge in [-0.1, -0.05) is 90.9 Å². The van der Waals surface area contributed by atoms with Crippen molar-refractivity contribution in [2.24, 2.45) is 0 Å². The molecule has 0 aliphatic rings. The van der Waals surface area contributed by atoms with Gasteiger partial charge in [-0.05, 0) is 0 Å². The Morgan fingerprint density at radius 1 is 0.211 bits per heavy atom. The molecular formula is C52H110O3Sn2. The summed E-state index contributed by atoms with van der Waals surface area (Å²) in [6.45, 7) is 16.0. The van der Waals surface area contributed by atoms with Crippen LogP contribution in [0.25, 0.3) is 0 Å². The Balaban J connectivity index is 4.77. The van der Waals surface area contributed by atoms with Gasteiger partial charge in [0.2, 0.25) is 0 Å². The van der Waals surface area contributed by atoms with Gasteiger partial charge in [0.05, 0.1) is 0 Å². The van der Waals surface area contributed by atoms with E-state index in [-0.39, 0.29) is 0 Å². The fraction of sp³-hybridized carbons (Fsp3) is 1.00. The summed E-state index contributed by atoms with van der Waals surface area (Å²) in [5.74, 6) is 0. The third kappa shape index (κ3) is 38.9. The van der Waals surface area contributed by atoms with E-state index < -0.39 is 38.4 Å². The molecule has 0 bridgehead atoms. The van der Waals surface area contributed by atoms with Gasteiger partial charge in [0.15, 0.2) is 0 Å². The molecule has 344 valence electrons. The second-order valence-corrected chi connectivity index (χ2v) is 40.9. The van der Waals surface area contributed by atoms with Gasteiger partial charge in [0, 0.05) is 0 Å². The van der Waals surface area contributed by atoms with Crippen molar-refractivity contribution in [2.75, 3.05) is 13.2 Å². The van der Waals surface area contributed by atoms with E-state index in [2.05, 4.69) is 41.5 Å². The van der Waals surface area contributed by atoms with Crippen molar-refractivity contribution in [3.05, 3.63) is 0 Å². The van der Waals surface area contributed by atoms with E-state index in [9.17, 15) is 0 Å². The molecule has 0 aromatic heterocycles. The summed E-state index contributed by atoms with van der Waals surface area (Å²) in [7, 11) is 0. The topological polar surface area (TPSA) is 27.7 Å². The van der Waals surface area contributed by atoms with E-state index in [0.717, 1.165) is 13.2 Å². The predicted molar refractivity (Wildman–Crippen MR) is 262 cm³/mol. The van der Waals surface area contributed by atoms with Gasteiger partial charge in [-0.25, -0.2) is 0 Å². The van der Waals surface area contributed by atoms with Crippen LogP contribution in [0.15, 0.2) is 0 Å². The number of hydrogen-bond acceptors (Lipinski definition) is 3. The quantitative estimate of drug-likeness (QED) is 0.0449. The first kappa shape index (κ1) is 58.5. The molecule has 0 unspecified atom stereocenters. The first-order valence-corrected chi connectivity index (χ1v) is 39.8. The van der Waals surface area contributed by atoms with E-state index in [1.165, 1.54) is 275 Å². The molecule has 0 aliphatic heterocycles. The summed E-state index contributed by atoms with van der Waals surface area (Å²) in [5, 5.41) is 0. The van der Waals surface area contributed by atoms with Gasteiger partial charge in [-0.2, -0.15) is 0 Å². The van der Waals surface area contributed by atoms with Crippen LogP contribution in [0.5, 0.6) is 0 Å². The van der Waals surface area contributed by atoms with Crippen molar-refractivity contribution in [1.29, 1.82) is 0 Å². The van der Waals surface area contributed by atoms with Gasteiger partial charge in [0.1, 0.15) is 0 Å². The molecule has 0 rings (SSSR count). The van der Waals surface area contributed by atoms with Crippen LogP contribution in [0.3, 0.4) is 0 Å². The molecule has 0 aliphatic carbocycles. The van der Waals surface area contributed by atoms with Gasteiger partial charge in [-0.15, -0.1) is 0 Å². The Labute approximate surface area is 372 Å². The molecule has 0 amide bonds. The maximum atomic E-state index is 7.87. The van der Waals surface area contributed by atoms with Crippen LogP contribution in [0.4, 0.5) is 0 Å². The molecule has 0 fully saturated rings. The fourth-order valence-corrected chi connectivity index (χ4v) is 51.4. The molecule has 3 nitrogen and oxygen atoms in total. The average Bonchev–Trinajstić information content (AvgIpc) is 3.22. The second kappa shape index (κ2) is 47.0. The fourth-order valence-electron chi connectivity index (χ4n) is 8.74. The summed E-state index contributed by atoms with van der Waals surface area (Å²) in [5.41, 5.74) is 0. The summed E-state index contributed by atoms with van der Waals surface area (Å²) in [6.07, 6.45) is 55.5. The molecule has 5 heteroatoms. The first-order valence-electron chi connectivity index (χ1n) is 27.1. The molecule has 57 heavy (non-hydrogen) atoms. The third-order valence-corrected chi connectivity index (χ3v) is 46.0. The zero-order chi connectivity index (χ0) is 41.6. The Kier molecular flexibility index (Phi) is 48.2. The van der Waals surface area contributed by atoms with Gasteiger partial charge in [0.25, 0.3) is 0 Å². The molecule has 0 saturated carbocycles. The van der Waals surface area contributed by atoms with Crippen LogP contribution in [-0.4, -0.2) is 51.6 Å². The summed E-state index contributed by atoms with van der Waals surface area (Å²) >= 11 is -6.60. The molecule has 0 spiro atoms. The van der Waals surface area contributed by atoms with Crippen LogP contribution in [-0.2, 0) is 7.56 Å². The normalized spacial score (nSPS) is 12.3. The Morgan fingerprint density at radius 2 is 0.386 bits per heavy atom. The van der Waals surface area contributed by atoms with Crippen molar-refractivity contribution in [2.45, 2.75) is 316 Å². The Morgan fingerprint density at radius 3 is 0.579 bits per heavy atom. The average molecular weight is 1020 g/mol. The van der Waals surface area contributed by atoms with Crippen LogP contribution in [0.1, 0.15) is 298 Å². The van der Waals surface area contributed by atoms with Crippen molar-refractivity contribution in [1.82, 2.24) is 0 Å². The van der Waals surface area contributed by atoms with Crippen LogP contribution < -0.4 is 0 Å². The van der Waals surface area contributed by atoms with Crippen molar-refractivity contribution >= 4 is 38.4 Å². The van der Waals surface area contributed by atoms with Gasteiger partial charge in [-0.3, -0.25) is 0 Å². The minimum Gasteiger partial charge on any atom is -0.0654 e. The summed E-state index contributed by atoms with van der Waals surface area (Å²) in [4.78, 5) is 0. The Bertz CT molecular complexity index is 673. The van der Waals surface area contributed by atoms with Gasteiger partial charge < -0.3 is 0 Å². The second-order valence-electron chi connectivity index (χ2n) is 18.6. The smallest absolute Gasteiger partial charge is 0.0654 e. The molecule has 0 N–H and O–H groups in total. The standard InChI is InChI=1S/2C18H37O.4C4H9.O.2Sn/c2*1-2-3-4-5-6-7-8-9-10-11-12-13-14-15-16-17-18-19;4*1-3-4-2;;;/h2*2-18H2,1H3;4*1,3-4H2,2H3;;;/q2*-1;;;;;;2*+1. The molecular weight excluding hydrogens is 910 g/mol. The van der Waals surface area contributed by atoms with Gasteiger partial charge >= 0.3 is 284 Å². The van der Waals surface area contributed by atoms with E-state index >= 15 is 0 Å². The molecule has 0 aromatic carbocycles. The summed E-state index contributed by atoms with van der Waals surface area (Å²) < 4.78 is 27.4. The SMILES string of the molecule is CCCCCCCCCCCCCCCCCC[O][Sn]([CH2]CCC)([CH2]CCC)[O][Sn]([CH2]CCC)([CH2]CCC)[O]CCCCCCCCCCCCCCCCCC. The number of rotatable bonds is 50. The van der Waals surface area contributed by atoms with Crippen LogP contribution in [0, 0.1) is 0 Å². The van der Waals surface area contributed by atoms with Crippen molar-refractivity contribution in [3.8, 4) is 0 Å². The van der Waals surface area contributed by atoms with Crippen molar-refractivity contribution in [3.63, 3.8) is 0 Å². The third-order valence-electron chi connectivity index (χ3n) is 12.7. The molecule has 0 saturated heterocycles. The van der Waals surface area contributed by atoms with Crippen molar-refractivity contribution < 1.29 is 7.56 Å².